The van der Waals surface area contributed by atoms with Gasteiger partial charge in [-0.1, -0.05) is 39.0 Å². The predicted molar refractivity (Wildman–Crippen MR) is 72.5 cm³/mol. The Morgan fingerprint density at radius 3 is 2.65 bits per heavy atom. The van der Waals surface area contributed by atoms with Crippen molar-refractivity contribution in [1.82, 2.24) is 4.98 Å². The first-order valence-corrected chi connectivity index (χ1v) is 5.82. The van der Waals surface area contributed by atoms with Gasteiger partial charge in [0, 0.05) is 11.9 Å². The molecule has 17 heavy (non-hydrogen) atoms. The number of fused-ring (bicyclic) bond motifs is 1. The standard InChI is InChI=1S/C14H18N2O/c1-14(2,3)9-15-12-8-10-6-4-5-7-11(10)13(17)16-12/h4-8H,9H2,1-3H3,(H2,15,16,17). The fraction of sp³-hybridized carbons (Fsp3) is 0.357. The lowest BCUT2D eigenvalue weighted by Gasteiger charge is -2.19. The molecule has 0 bridgehead atoms. The van der Waals surface area contributed by atoms with Gasteiger partial charge in [-0.25, -0.2) is 0 Å². The molecule has 1 aromatic heterocycles. The number of hydrogen-bond acceptors (Lipinski definition) is 2. The van der Waals surface area contributed by atoms with Gasteiger partial charge in [0.2, 0.25) is 0 Å². The number of rotatable bonds is 2. The van der Waals surface area contributed by atoms with Gasteiger partial charge in [-0.2, -0.15) is 0 Å². The van der Waals surface area contributed by atoms with Crippen LogP contribution in [0.5, 0.6) is 0 Å². The molecule has 2 rings (SSSR count). The Morgan fingerprint density at radius 1 is 1.24 bits per heavy atom. The van der Waals surface area contributed by atoms with E-state index in [9.17, 15) is 4.79 Å². The number of H-pyrrole nitrogens is 1. The second-order valence-corrected chi connectivity index (χ2v) is 5.51. The number of aromatic amines is 1. The highest BCUT2D eigenvalue weighted by atomic mass is 16.1. The van der Waals surface area contributed by atoms with Crippen LogP contribution in [0.4, 0.5) is 5.82 Å². The molecule has 2 N–H and O–H groups in total. The number of anilines is 1. The van der Waals surface area contributed by atoms with E-state index in [-0.39, 0.29) is 11.0 Å². The molecular formula is C14H18N2O. The van der Waals surface area contributed by atoms with Crippen LogP contribution in [0.25, 0.3) is 10.8 Å². The zero-order valence-electron chi connectivity index (χ0n) is 10.5. The third-order valence-corrected chi connectivity index (χ3v) is 2.56. The number of aromatic nitrogens is 1. The van der Waals surface area contributed by atoms with Gasteiger partial charge < -0.3 is 10.3 Å². The number of benzene rings is 1. The SMILES string of the molecule is CC(C)(C)CNc1cc2ccccc2c(=O)[nH]1. The van der Waals surface area contributed by atoms with Crippen molar-refractivity contribution in [3.05, 3.63) is 40.7 Å². The van der Waals surface area contributed by atoms with E-state index < -0.39 is 0 Å². The maximum Gasteiger partial charge on any atom is 0.257 e. The maximum atomic E-state index is 11.8. The molecule has 0 aliphatic carbocycles. The predicted octanol–water partition coefficient (Wildman–Crippen LogP) is 2.99. The third kappa shape index (κ3) is 2.87. The number of hydrogen-bond donors (Lipinski definition) is 2. The smallest absolute Gasteiger partial charge is 0.257 e. The summed E-state index contributed by atoms with van der Waals surface area (Å²) in [6.45, 7) is 7.28. The van der Waals surface area contributed by atoms with Crippen LogP contribution in [0, 0.1) is 5.41 Å². The second kappa shape index (κ2) is 4.24. The lowest BCUT2D eigenvalue weighted by Crippen LogP contribution is -2.21. The van der Waals surface area contributed by atoms with Crippen LogP contribution in [0.2, 0.25) is 0 Å². The minimum Gasteiger partial charge on any atom is -0.371 e. The highest BCUT2D eigenvalue weighted by Gasteiger charge is 2.10. The summed E-state index contributed by atoms with van der Waals surface area (Å²) in [6.07, 6.45) is 0. The van der Waals surface area contributed by atoms with Crippen LogP contribution in [-0.2, 0) is 0 Å². The quantitative estimate of drug-likeness (QED) is 0.833. The van der Waals surface area contributed by atoms with Gasteiger partial charge in [0.25, 0.3) is 5.56 Å². The van der Waals surface area contributed by atoms with Crippen LogP contribution in [0.1, 0.15) is 20.8 Å². The monoisotopic (exact) mass is 230 g/mol. The molecule has 0 saturated heterocycles. The zero-order valence-corrected chi connectivity index (χ0v) is 10.5. The molecule has 0 aliphatic heterocycles. The lowest BCUT2D eigenvalue weighted by molar-refractivity contribution is 0.442. The fourth-order valence-electron chi connectivity index (χ4n) is 1.67. The van der Waals surface area contributed by atoms with E-state index in [1.807, 2.05) is 30.3 Å². The summed E-state index contributed by atoms with van der Waals surface area (Å²) in [5, 5.41) is 4.96. The Bertz CT molecular complexity index is 579. The van der Waals surface area contributed by atoms with Crippen molar-refractivity contribution in [2.45, 2.75) is 20.8 Å². The average molecular weight is 230 g/mol. The topological polar surface area (TPSA) is 44.9 Å². The highest BCUT2D eigenvalue weighted by molar-refractivity contribution is 5.83. The van der Waals surface area contributed by atoms with E-state index >= 15 is 0 Å². The zero-order chi connectivity index (χ0) is 12.5. The number of pyridine rings is 1. The molecule has 1 aromatic carbocycles. The molecule has 0 saturated carbocycles. The van der Waals surface area contributed by atoms with Gasteiger partial charge in [0.15, 0.2) is 0 Å². The summed E-state index contributed by atoms with van der Waals surface area (Å²) >= 11 is 0. The first-order valence-electron chi connectivity index (χ1n) is 5.82. The summed E-state index contributed by atoms with van der Waals surface area (Å²) in [4.78, 5) is 14.7. The van der Waals surface area contributed by atoms with Crippen molar-refractivity contribution in [2.75, 3.05) is 11.9 Å². The Labute approximate surface area is 101 Å². The van der Waals surface area contributed by atoms with Gasteiger partial charge in [0.05, 0.1) is 0 Å². The van der Waals surface area contributed by atoms with Gasteiger partial charge >= 0.3 is 0 Å². The maximum absolute atomic E-state index is 11.8. The van der Waals surface area contributed by atoms with Crippen molar-refractivity contribution in [3.8, 4) is 0 Å². The first-order chi connectivity index (χ1) is 7.96. The second-order valence-electron chi connectivity index (χ2n) is 5.51. The summed E-state index contributed by atoms with van der Waals surface area (Å²) in [6, 6.07) is 9.58. The first kappa shape index (κ1) is 11.7. The third-order valence-electron chi connectivity index (χ3n) is 2.56. The van der Waals surface area contributed by atoms with Gasteiger partial charge in [-0.05, 0) is 22.9 Å². The largest absolute Gasteiger partial charge is 0.371 e. The molecular weight excluding hydrogens is 212 g/mol. The van der Waals surface area contributed by atoms with Crippen molar-refractivity contribution >= 4 is 16.6 Å². The summed E-state index contributed by atoms with van der Waals surface area (Å²) < 4.78 is 0. The molecule has 1 heterocycles. The van der Waals surface area contributed by atoms with Crippen LogP contribution < -0.4 is 10.9 Å². The molecule has 0 fully saturated rings. The molecule has 3 heteroatoms. The molecule has 0 atom stereocenters. The molecule has 2 aromatic rings. The van der Waals surface area contributed by atoms with E-state index in [0.29, 0.717) is 0 Å². The molecule has 0 unspecified atom stereocenters. The highest BCUT2D eigenvalue weighted by Crippen LogP contribution is 2.16. The van der Waals surface area contributed by atoms with E-state index in [2.05, 4.69) is 31.1 Å². The van der Waals surface area contributed by atoms with Crippen LogP contribution in [0.3, 0.4) is 0 Å². The van der Waals surface area contributed by atoms with Crippen molar-refractivity contribution in [2.24, 2.45) is 5.41 Å². The van der Waals surface area contributed by atoms with Crippen molar-refractivity contribution in [3.63, 3.8) is 0 Å². The normalized spacial score (nSPS) is 11.7. The van der Waals surface area contributed by atoms with Gasteiger partial charge in [-0.15, -0.1) is 0 Å². The average Bonchev–Trinajstić information content (AvgIpc) is 2.26. The molecule has 0 radical (unpaired) electrons. The van der Waals surface area contributed by atoms with Crippen LogP contribution in [-0.4, -0.2) is 11.5 Å². The molecule has 90 valence electrons. The van der Waals surface area contributed by atoms with E-state index in [1.54, 1.807) is 0 Å². The minimum atomic E-state index is -0.0421. The Balaban J connectivity index is 2.34. The Hall–Kier alpha value is -1.77. The Kier molecular flexibility index (Phi) is 2.92. The number of nitrogens with one attached hydrogen (secondary N) is 2. The minimum absolute atomic E-state index is 0.0421. The van der Waals surface area contributed by atoms with Crippen molar-refractivity contribution in [1.29, 1.82) is 0 Å². The summed E-state index contributed by atoms with van der Waals surface area (Å²) in [7, 11) is 0. The lowest BCUT2D eigenvalue weighted by atomic mass is 9.97. The van der Waals surface area contributed by atoms with Gasteiger partial charge in [0.1, 0.15) is 5.82 Å². The van der Waals surface area contributed by atoms with E-state index in [1.165, 1.54) is 0 Å². The summed E-state index contributed by atoms with van der Waals surface area (Å²) in [5.74, 6) is 0.781. The van der Waals surface area contributed by atoms with Gasteiger partial charge in [-0.3, -0.25) is 4.79 Å². The van der Waals surface area contributed by atoms with E-state index in [0.717, 1.165) is 23.1 Å². The van der Waals surface area contributed by atoms with Crippen LogP contribution >= 0.6 is 0 Å². The van der Waals surface area contributed by atoms with Crippen molar-refractivity contribution < 1.29 is 0 Å². The Morgan fingerprint density at radius 2 is 1.94 bits per heavy atom. The molecule has 0 aliphatic rings. The molecule has 0 spiro atoms. The summed E-state index contributed by atoms with van der Waals surface area (Å²) in [5.41, 5.74) is 0.141. The fourth-order valence-corrected chi connectivity index (χ4v) is 1.67. The molecule has 0 amide bonds. The van der Waals surface area contributed by atoms with Crippen LogP contribution in [0.15, 0.2) is 35.1 Å². The molecule has 3 nitrogen and oxygen atoms in total. The van der Waals surface area contributed by atoms with E-state index in [4.69, 9.17) is 0 Å².